The van der Waals surface area contributed by atoms with Crippen LogP contribution in [0.1, 0.15) is 38.2 Å². The number of benzene rings is 1. The van der Waals surface area contributed by atoms with Crippen LogP contribution in [0.4, 0.5) is 4.39 Å². The molecule has 1 aromatic carbocycles. The zero-order chi connectivity index (χ0) is 12.5. The van der Waals surface area contributed by atoms with Crippen LogP contribution >= 0.6 is 15.9 Å². The molecule has 1 saturated carbocycles. The fourth-order valence-electron chi connectivity index (χ4n) is 2.78. The monoisotopic (exact) mass is 299 g/mol. The van der Waals surface area contributed by atoms with Crippen molar-refractivity contribution in [1.82, 2.24) is 0 Å². The molecule has 3 heteroatoms. The molecule has 0 radical (unpaired) electrons. The number of rotatable bonds is 3. The van der Waals surface area contributed by atoms with Crippen LogP contribution in [0, 0.1) is 11.2 Å². The van der Waals surface area contributed by atoms with Gasteiger partial charge in [0.25, 0.3) is 0 Å². The minimum Gasteiger partial charge on any atom is -0.327 e. The van der Waals surface area contributed by atoms with Crippen molar-refractivity contribution in [2.24, 2.45) is 11.1 Å². The third-order valence-corrected chi connectivity index (χ3v) is 4.48. The summed E-state index contributed by atoms with van der Waals surface area (Å²) < 4.78 is 14.1. The first-order chi connectivity index (χ1) is 7.99. The summed E-state index contributed by atoms with van der Waals surface area (Å²) in [7, 11) is 0. The SMILES string of the molecule is CC1(C(N)Cc2cc(F)cc(Br)c2)CCCC1. The van der Waals surface area contributed by atoms with E-state index in [9.17, 15) is 4.39 Å². The highest BCUT2D eigenvalue weighted by molar-refractivity contribution is 9.10. The lowest BCUT2D eigenvalue weighted by Crippen LogP contribution is -2.39. The Balaban J connectivity index is 2.09. The Bertz CT molecular complexity index is 379. The van der Waals surface area contributed by atoms with Gasteiger partial charge in [-0.3, -0.25) is 0 Å². The highest BCUT2D eigenvalue weighted by Crippen LogP contribution is 2.40. The average molecular weight is 300 g/mol. The van der Waals surface area contributed by atoms with Crippen LogP contribution in [0.5, 0.6) is 0 Å². The van der Waals surface area contributed by atoms with E-state index in [4.69, 9.17) is 5.73 Å². The highest BCUT2D eigenvalue weighted by Gasteiger charge is 2.34. The molecular weight excluding hydrogens is 281 g/mol. The van der Waals surface area contributed by atoms with Crippen LogP contribution in [0.2, 0.25) is 0 Å². The molecule has 0 amide bonds. The standard InChI is InChI=1S/C14H19BrFN/c1-14(4-2-3-5-14)13(17)8-10-6-11(15)9-12(16)7-10/h6-7,9,13H,2-5,8,17H2,1H3. The Kier molecular flexibility index (Phi) is 3.88. The fourth-order valence-corrected chi connectivity index (χ4v) is 3.30. The molecule has 1 atom stereocenters. The number of nitrogens with two attached hydrogens (primary N) is 1. The molecule has 2 rings (SSSR count). The van der Waals surface area contributed by atoms with Gasteiger partial charge in [0.1, 0.15) is 5.82 Å². The zero-order valence-electron chi connectivity index (χ0n) is 10.2. The second-order valence-corrected chi connectivity index (χ2v) is 6.37. The average Bonchev–Trinajstić information content (AvgIpc) is 2.64. The van der Waals surface area contributed by atoms with Gasteiger partial charge in [-0.15, -0.1) is 0 Å². The molecule has 1 aliphatic rings. The lowest BCUT2D eigenvalue weighted by molar-refractivity contribution is 0.260. The van der Waals surface area contributed by atoms with Crippen molar-refractivity contribution < 1.29 is 4.39 Å². The van der Waals surface area contributed by atoms with E-state index in [2.05, 4.69) is 22.9 Å². The van der Waals surface area contributed by atoms with Crippen molar-refractivity contribution >= 4 is 15.9 Å². The molecule has 0 aromatic heterocycles. The predicted molar refractivity (Wildman–Crippen MR) is 72.4 cm³/mol. The zero-order valence-corrected chi connectivity index (χ0v) is 11.8. The van der Waals surface area contributed by atoms with E-state index in [1.165, 1.54) is 31.7 Å². The number of hydrogen-bond donors (Lipinski definition) is 1. The molecule has 0 aliphatic heterocycles. The van der Waals surface area contributed by atoms with Crippen molar-refractivity contribution in [2.75, 3.05) is 0 Å². The van der Waals surface area contributed by atoms with Gasteiger partial charge in [0.05, 0.1) is 0 Å². The second-order valence-electron chi connectivity index (χ2n) is 5.45. The summed E-state index contributed by atoms with van der Waals surface area (Å²) in [5.74, 6) is -0.196. The first-order valence-electron chi connectivity index (χ1n) is 6.20. The molecule has 0 heterocycles. The largest absolute Gasteiger partial charge is 0.327 e. The maximum atomic E-state index is 13.3. The number of halogens is 2. The summed E-state index contributed by atoms with van der Waals surface area (Å²) in [6.45, 7) is 2.26. The van der Waals surface area contributed by atoms with Gasteiger partial charge in [0.2, 0.25) is 0 Å². The van der Waals surface area contributed by atoms with Gasteiger partial charge in [-0.1, -0.05) is 35.7 Å². The first-order valence-corrected chi connectivity index (χ1v) is 6.99. The Morgan fingerprint density at radius 3 is 2.59 bits per heavy atom. The lowest BCUT2D eigenvalue weighted by atomic mass is 9.78. The van der Waals surface area contributed by atoms with Gasteiger partial charge in [-0.2, -0.15) is 0 Å². The molecule has 1 fully saturated rings. The van der Waals surface area contributed by atoms with E-state index < -0.39 is 0 Å². The van der Waals surface area contributed by atoms with E-state index in [0.29, 0.717) is 0 Å². The summed E-state index contributed by atoms with van der Waals surface area (Å²) in [6.07, 6.45) is 5.70. The Morgan fingerprint density at radius 2 is 2.00 bits per heavy atom. The molecule has 1 unspecified atom stereocenters. The lowest BCUT2D eigenvalue weighted by Gasteiger charge is -2.31. The van der Waals surface area contributed by atoms with Gasteiger partial charge in [-0.05, 0) is 48.4 Å². The van der Waals surface area contributed by atoms with Crippen LogP contribution in [-0.4, -0.2) is 6.04 Å². The van der Waals surface area contributed by atoms with E-state index in [0.717, 1.165) is 16.5 Å². The summed E-state index contributed by atoms with van der Waals surface area (Å²) >= 11 is 3.32. The van der Waals surface area contributed by atoms with Crippen molar-refractivity contribution in [1.29, 1.82) is 0 Å². The van der Waals surface area contributed by atoms with Gasteiger partial charge >= 0.3 is 0 Å². The van der Waals surface area contributed by atoms with Gasteiger partial charge in [0, 0.05) is 10.5 Å². The Morgan fingerprint density at radius 1 is 1.35 bits per heavy atom. The minimum absolute atomic E-state index is 0.124. The van der Waals surface area contributed by atoms with Crippen LogP contribution in [0.3, 0.4) is 0 Å². The maximum Gasteiger partial charge on any atom is 0.124 e. The van der Waals surface area contributed by atoms with Crippen LogP contribution < -0.4 is 5.73 Å². The van der Waals surface area contributed by atoms with Crippen molar-refractivity contribution in [3.05, 3.63) is 34.1 Å². The van der Waals surface area contributed by atoms with E-state index in [1.807, 2.05) is 6.07 Å². The maximum absolute atomic E-state index is 13.3. The minimum atomic E-state index is -0.196. The summed E-state index contributed by atoms with van der Waals surface area (Å²) in [5.41, 5.74) is 7.53. The molecule has 0 saturated heterocycles. The van der Waals surface area contributed by atoms with Gasteiger partial charge < -0.3 is 5.73 Å². The Hall–Kier alpha value is -0.410. The molecule has 1 aromatic rings. The smallest absolute Gasteiger partial charge is 0.124 e. The topological polar surface area (TPSA) is 26.0 Å². The van der Waals surface area contributed by atoms with E-state index in [-0.39, 0.29) is 17.3 Å². The van der Waals surface area contributed by atoms with Crippen molar-refractivity contribution in [2.45, 2.75) is 45.1 Å². The van der Waals surface area contributed by atoms with E-state index >= 15 is 0 Å². The molecule has 0 bridgehead atoms. The second kappa shape index (κ2) is 5.07. The molecule has 94 valence electrons. The normalized spacial score (nSPS) is 20.5. The van der Waals surface area contributed by atoms with Crippen LogP contribution in [-0.2, 0) is 6.42 Å². The third kappa shape index (κ3) is 3.08. The fraction of sp³-hybridized carbons (Fsp3) is 0.571. The highest BCUT2D eigenvalue weighted by atomic mass is 79.9. The van der Waals surface area contributed by atoms with E-state index in [1.54, 1.807) is 6.07 Å². The molecule has 17 heavy (non-hydrogen) atoms. The third-order valence-electron chi connectivity index (χ3n) is 4.02. The van der Waals surface area contributed by atoms with Crippen molar-refractivity contribution in [3.8, 4) is 0 Å². The Labute approximate surface area is 111 Å². The van der Waals surface area contributed by atoms with Gasteiger partial charge in [-0.25, -0.2) is 4.39 Å². The molecular formula is C14H19BrFN. The quantitative estimate of drug-likeness (QED) is 0.896. The van der Waals surface area contributed by atoms with Gasteiger partial charge in [0.15, 0.2) is 0 Å². The molecule has 1 aliphatic carbocycles. The number of hydrogen-bond acceptors (Lipinski definition) is 1. The predicted octanol–water partition coefficient (Wildman–Crippen LogP) is 4.04. The summed E-state index contributed by atoms with van der Waals surface area (Å²) in [5, 5.41) is 0. The summed E-state index contributed by atoms with van der Waals surface area (Å²) in [4.78, 5) is 0. The van der Waals surface area contributed by atoms with Crippen LogP contribution in [0.25, 0.3) is 0 Å². The first kappa shape index (κ1) is 13.0. The van der Waals surface area contributed by atoms with Crippen LogP contribution in [0.15, 0.2) is 22.7 Å². The summed E-state index contributed by atoms with van der Waals surface area (Å²) in [6, 6.07) is 5.15. The molecule has 0 spiro atoms. The molecule has 2 N–H and O–H groups in total. The van der Waals surface area contributed by atoms with Crippen molar-refractivity contribution in [3.63, 3.8) is 0 Å². The molecule has 1 nitrogen and oxygen atoms in total.